The van der Waals surface area contributed by atoms with Crippen LogP contribution in [0.15, 0.2) is 78.9 Å². The maximum atomic E-state index is 13.6. The molecular formula is C26H24Cl2N2O. The van der Waals surface area contributed by atoms with Crippen LogP contribution in [0.25, 0.3) is 0 Å². The molecule has 158 valence electrons. The highest BCUT2D eigenvalue weighted by Crippen LogP contribution is 2.50. The number of nitrogens with zero attached hydrogens (tertiary/aromatic N) is 1. The zero-order chi connectivity index (χ0) is 21.4. The first-order valence-electron chi connectivity index (χ1n) is 10.7. The van der Waals surface area contributed by atoms with Crippen molar-refractivity contribution >= 4 is 29.0 Å². The molecule has 0 radical (unpaired) electrons. The second kappa shape index (κ2) is 8.76. The highest BCUT2D eigenvalue weighted by Gasteiger charge is 2.51. The number of likely N-dealkylation sites (tertiary alicyclic amines) is 1. The molecule has 5 rings (SSSR count). The Morgan fingerprint density at radius 1 is 0.742 bits per heavy atom. The topological polar surface area (TPSA) is 32.3 Å². The number of Topliss-reactive ketones (excluding diaryl/α,β-unsaturated/α-hetero) is 1. The minimum atomic E-state index is -0.152. The van der Waals surface area contributed by atoms with Gasteiger partial charge in [-0.25, -0.2) is 0 Å². The number of carbonyl (C=O) groups excluding carboxylic acids is 1. The van der Waals surface area contributed by atoms with E-state index < -0.39 is 0 Å². The summed E-state index contributed by atoms with van der Waals surface area (Å²) in [5.41, 5.74) is 3.20. The van der Waals surface area contributed by atoms with Gasteiger partial charge in [-0.3, -0.25) is 9.69 Å². The zero-order valence-corrected chi connectivity index (χ0v) is 18.6. The van der Waals surface area contributed by atoms with Crippen LogP contribution < -0.4 is 5.32 Å². The molecule has 2 aliphatic rings. The summed E-state index contributed by atoms with van der Waals surface area (Å²) in [6.45, 7) is 2.03. The van der Waals surface area contributed by atoms with Gasteiger partial charge in [0, 0.05) is 41.8 Å². The lowest BCUT2D eigenvalue weighted by Gasteiger charge is -2.52. The van der Waals surface area contributed by atoms with Crippen LogP contribution in [-0.2, 0) is 11.3 Å². The summed E-state index contributed by atoms with van der Waals surface area (Å²) in [5.74, 6) is 0.0000936. The standard InChI is InChI=1S/C26H24Cl2N2O/c27-22-12-6-4-10-18(22)24-20-14-29-15-21(26(20)31)25(19-11-5-7-13-23(19)28)30(24)16-17-8-2-1-3-9-17/h1-13,20-21,24-25,29H,14-16H2. The molecule has 0 amide bonds. The van der Waals surface area contributed by atoms with Crippen LogP contribution in [-0.4, -0.2) is 23.8 Å². The molecule has 3 aromatic carbocycles. The predicted molar refractivity (Wildman–Crippen MR) is 125 cm³/mol. The third-order valence-corrected chi connectivity index (χ3v) is 7.28. The average molecular weight is 451 g/mol. The van der Waals surface area contributed by atoms with Crippen LogP contribution in [0.1, 0.15) is 28.8 Å². The highest BCUT2D eigenvalue weighted by atomic mass is 35.5. The van der Waals surface area contributed by atoms with Crippen LogP contribution in [0, 0.1) is 11.8 Å². The Hall–Kier alpha value is -2.17. The van der Waals surface area contributed by atoms with Gasteiger partial charge < -0.3 is 5.32 Å². The van der Waals surface area contributed by atoms with Gasteiger partial charge in [0.05, 0.1) is 11.8 Å². The van der Waals surface area contributed by atoms with Gasteiger partial charge in [0.25, 0.3) is 0 Å². The summed E-state index contributed by atoms with van der Waals surface area (Å²) in [6, 6.07) is 25.9. The molecule has 0 aliphatic carbocycles. The van der Waals surface area contributed by atoms with Crippen molar-refractivity contribution in [3.05, 3.63) is 106 Å². The third kappa shape index (κ3) is 3.81. The van der Waals surface area contributed by atoms with E-state index >= 15 is 0 Å². The van der Waals surface area contributed by atoms with Crippen molar-refractivity contribution in [2.24, 2.45) is 11.8 Å². The second-order valence-corrected chi connectivity index (χ2v) is 9.18. The van der Waals surface area contributed by atoms with Crippen molar-refractivity contribution in [3.8, 4) is 0 Å². The molecule has 3 aromatic rings. The number of rotatable bonds is 4. The number of benzene rings is 3. The monoisotopic (exact) mass is 450 g/mol. The van der Waals surface area contributed by atoms with Gasteiger partial charge in [-0.05, 0) is 28.8 Å². The number of hydrogen-bond donors (Lipinski definition) is 1. The van der Waals surface area contributed by atoms with Gasteiger partial charge >= 0.3 is 0 Å². The maximum Gasteiger partial charge on any atom is 0.145 e. The summed E-state index contributed by atoms with van der Waals surface area (Å²) < 4.78 is 0. The fraction of sp³-hybridized carbons (Fsp3) is 0.269. The van der Waals surface area contributed by atoms with E-state index in [2.05, 4.69) is 46.6 Å². The molecule has 0 aromatic heterocycles. The second-order valence-electron chi connectivity index (χ2n) is 8.36. The number of carbonyl (C=O) groups is 1. The quantitative estimate of drug-likeness (QED) is 0.553. The van der Waals surface area contributed by atoms with E-state index in [1.807, 2.05) is 42.5 Å². The Morgan fingerprint density at radius 2 is 1.23 bits per heavy atom. The van der Waals surface area contributed by atoms with E-state index in [0.717, 1.165) is 11.1 Å². The lowest BCUT2D eigenvalue weighted by Crippen LogP contribution is -2.59. The van der Waals surface area contributed by atoms with Crippen LogP contribution in [0.3, 0.4) is 0 Å². The van der Waals surface area contributed by atoms with E-state index in [-0.39, 0.29) is 23.9 Å². The molecule has 2 heterocycles. The van der Waals surface area contributed by atoms with E-state index in [1.54, 1.807) is 0 Å². The molecule has 4 unspecified atom stereocenters. The largest absolute Gasteiger partial charge is 0.315 e. The number of hydrogen-bond acceptors (Lipinski definition) is 3. The molecule has 31 heavy (non-hydrogen) atoms. The van der Waals surface area contributed by atoms with Gasteiger partial charge in [-0.15, -0.1) is 0 Å². The Kier molecular flexibility index (Phi) is 5.85. The van der Waals surface area contributed by atoms with E-state index in [4.69, 9.17) is 23.2 Å². The summed E-state index contributed by atoms with van der Waals surface area (Å²) in [7, 11) is 0. The van der Waals surface area contributed by atoms with Crippen molar-refractivity contribution in [1.29, 1.82) is 0 Å². The molecule has 3 nitrogen and oxygen atoms in total. The first kappa shape index (κ1) is 20.7. The smallest absolute Gasteiger partial charge is 0.145 e. The first-order valence-corrected chi connectivity index (χ1v) is 11.4. The van der Waals surface area contributed by atoms with Crippen molar-refractivity contribution in [3.63, 3.8) is 0 Å². The van der Waals surface area contributed by atoms with Crippen molar-refractivity contribution in [1.82, 2.24) is 10.2 Å². The van der Waals surface area contributed by atoms with Gasteiger partial charge in [0.2, 0.25) is 0 Å². The van der Waals surface area contributed by atoms with Crippen molar-refractivity contribution in [2.45, 2.75) is 18.6 Å². The Labute approximate surface area is 193 Å². The molecule has 0 saturated carbocycles. The fourth-order valence-corrected chi connectivity index (χ4v) is 5.75. The molecule has 4 atom stereocenters. The average Bonchev–Trinajstić information content (AvgIpc) is 2.78. The fourth-order valence-electron chi connectivity index (χ4n) is 5.25. The summed E-state index contributed by atoms with van der Waals surface area (Å²) in [4.78, 5) is 16.1. The molecule has 0 spiro atoms. The van der Waals surface area contributed by atoms with Crippen LogP contribution in [0.2, 0.25) is 10.0 Å². The lowest BCUT2D eigenvalue weighted by molar-refractivity contribution is -0.143. The van der Waals surface area contributed by atoms with Crippen LogP contribution in [0.5, 0.6) is 0 Å². The molecule has 5 heteroatoms. The highest BCUT2D eigenvalue weighted by molar-refractivity contribution is 6.31. The normalized spacial score (nSPS) is 26.1. The maximum absolute atomic E-state index is 13.6. The number of ketones is 1. The molecule has 2 bridgehead atoms. The number of halogens is 2. The van der Waals surface area contributed by atoms with E-state index in [1.165, 1.54) is 5.56 Å². The Balaban J connectivity index is 1.69. The van der Waals surface area contributed by atoms with Crippen molar-refractivity contribution in [2.75, 3.05) is 13.1 Å². The molecule has 2 fully saturated rings. The minimum Gasteiger partial charge on any atom is -0.315 e. The van der Waals surface area contributed by atoms with Gasteiger partial charge in [0.1, 0.15) is 5.78 Å². The molecule has 1 N–H and O–H groups in total. The SMILES string of the molecule is O=C1C2CNCC1C(c1ccccc1Cl)N(Cc1ccccc1)C2c1ccccc1Cl. The zero-order valence-electron chi connectivity index (χ0n) is 17.0. The molecule has 2 aliphatic heterocycles. The molecular weight excluding hydrogens is 427 g/mol. The van der Waals surface area contributed by atoms with Crippen LogP contribution >= 0.6 is 23.2 Å². The number of piperidine rings is 2. The van der Waals surface area contributed by atoms with E-state index in [0.29, 0.717) is 35.5 Å². The summed E-state index contributed by atoms with van der Waals surface area (Å²) in [6.07, 6.45) is 0. The molecule has 2 saturated heterocycles. The van der Waals surface area contributed by atoms with Crippen LogP contribution in [0.4, 0.5) is 0 Å². The van der Waals surface area contributed by atoms with E-state index in [9.17, 15) is 4.79 Å². The van der Waals surface area contributed by atoms with Gasteiger partial charge in [-0.2, -0.15) is 0 Å². The Bertz CT molecular complexity index is 1020. The minimum absolute atomic E-state index is 0.133. The summed E-state index contributed by atoms with van der Waals surface area (Å²) in [5, 5.41) is 4.90. The van der Waals surface area contributed by atoms with Gasteiger partial charge in [0.15, 0.2) is 0 Å². The third-order valence-electron chi connectivity index (χ3n) is 6.59. The number of fused-ring (bicyclic) bond motifs is 2. The summed E-state index contributed by atoms with van der Waals surface area (Å²) >= 11 is 13.4. The first-order chi connectivity index (χ1) is 15.1. The van der Waals surface area contributed by atoms with Gasteiger partial charge in [-0.1, -0.05) is 89.9 Å². The number of nitrogens with one attached hydrogen (secondary N) is 1. The lowest BCUT2D eigenvalue weighted by atomic mass is 9.70. The predicted octanol–water partition coefficient (Wildman–Crippen LogP) is 5.70. The van der Waals surface area contributed by atoms with Crippen molar-refractivity contribution < 1.29 is 4.79 Å². The Morgan fingerprint density at radius 3 is 1.74 bits per heavy atom.